The lowest BCUT2D eigenvalue weighted by molar-refractivity contribution is -0.137. The molecule has 3 heterocycles. The van der Waals surface area contributed by atoms with Crippen LogP contribution in [0.15, 0.2) is 48.0 Å². The van der Waals surface area contributed by atoms with Crippen LogP contribution in [-0.2, 0) is 19.0 Å². The molecular formula is C24H25F3N4O2S. The van der Waals surface area contributed by atoms with Gasteiger partial charge in [-0.25, -0.2) is 9.78 Å². The summed E-state index contributed by atoms with van der Waals surface area (Å²) in [5.74, 6) is 0.426. The number of aromatic nitrogens is 2. The monoisotopic (exact) mass is 490 g/mol. The first-order chi connectivity index (χ1) is 16.3. The average molecular weight is 491 g/mol. The Bertz CT molecular complexity index is 1090. The van der Waals surface area contributed by atoms with Crippen LogP contribution in [-0.4, -0.2) is 58.6 Å². The molecule has 0 radical (unpaired) electrons. The Kier molecular flexibility index (Phi) is 7.47. The Morgan fingerprint density at radius 3 is 2.38 bits per heavy atom. The molecule has 1 aliphatic heterocycles. The molecule has 0 N–H and O–H groups in total. The average Bonchev–Trinajstić information content (AvgIpc) is 3.24. The van der Waals surface area contributed by atoms with Crippen LogP contribution in [0.2, 0.25) is 0 Å². The first-order valence-corrected chi connectivity index (χ1v) is 11.9. The number of ether oxygens (including phenoxy) is 1. The standard InChI is InChI=1S/C24H25F3N4O2S/c1-17-29-21(16-34-17)8-9-30-10-12-31(13-11-30)23(32)33-22-6-2-18(3-7-22)14-20-5-4-19(15-28-20)24(25,26)27/h2-7,15-16H,8-14H2,1H3. The van der Waals surface area contributed by atoms with Gasteiger partial charge in [0, 0.05) is 62.8 Å². The fraction of sp³-hybridized carbons (Fsp3) is 0.375. The maximum Gasteiger partial charge on any atom is 0.417 e. The number of carbonyl (C=O) groups is 1. The predicted octanol–water partition coefficient (Wildman–Crippen LogP) is 4.82. The Balaban J connectivity index is 1.22. The molecule has 1 amide bonds. The van der Waals surface area contributed by atoms with Crippen molar-refractivity contribution in [1.29, 1.82) is 0 Å². The minimum Gasteiger partial charge on any atom is -0.410 e. The molecular weight excluding hydrogens is 465 g/mol. The molecule has 1 aliphatic rings. The lowest BCUT2D eigenvalue weighted by atomic mass is 10.1. The molecule has 0 atom stereocenters. The molecule has 3 aromatic rings. The highest BCUT2D eigenvalue weighted by molar-refractivity contribution is 7.09. The van der Waals surface area contributed by atoms with Gasteiger partial charge in [0.1, 0.15) is 5.75 Å². The molecule has 10 heteroatoms. The van der Waals surface area contributed by atoms with E-state index in [-0.39, 0.29) is 6.09 Å². The van der Waals surface area contributed by atoms with Gasteiger partial charge < -0.3 is 9.64 Å². The number of piperazine rings is 1. The number of carbonyl (C=O) groups excluding carboxylic acids is 1. The zero-order chi connectivity index (χ0) is 24.1. The fourth-order valence-electron chi connectivity index (χ4n) is 3.70. The molecule has 1 fully saturated rings. The van der Waals surface area contributed by atoms with Gasteiger partial charge in [-0.05, 0) is 36.8 Å². The quantitative estimate of drug-likeness (QED) is 0.496. The Morgan fingerprint density at radius 2 is 1.79 bits per heavy atom. The number of nitrogens with zero attached hydrogens (tertiary/aromatic N) is 4. The van der Waals surface area contributed by atoms with E-state index in [4.69, 9.17) is 4.74 Å². The number of alkyl halides is 3. The van der Waals surface area contributed by atoms with Crippen molar-refractivity contribution in [2.24, 2.45) is 0 Å². The second-order valence-electron chi connectivity index (χ2n) is 8.16. The molecule has 4 rings (SSSR count). The van der Waals surface area contributed by atoms with Crippen LogP contribution in [0.5, 0.6) is 5.75 Å². The number of aryl methyl sites for hydroxylation is 1. The zero-order valence-electron chi connectivity index (χ0n) is 18.7. The van der Waals surface area contributed by atoms with E-state index in [1.807, 2.05) is 6.92 Å². The number of rotatable bonds is 6. The molecule has 1 aromatic carbocycles. The molecule has 2 aromatic heterocycles. The fourth-order valence-corrected chi connectivity index (χ4v) is 4.34. The van der Waals surface area contributed by atoms with Crippen molar-refractivity contribution < 1.29 is 22.7 Å². The first-order valence-electron chi connectivity index (χ1n) is 11.0. The smallest absolute Gasteiger partial charge is 0.410 e. The van der Waals surface area contributed by atoms with Crippen molar-refractivity contribution in [3.63, 3.8) is 0 Å². The largest absolute Gasteiger partial charge is 0.417 e. The number of pyridine rings is 1. The van der Waals surface area contributed by atoms with Gasteiger partial charge in [-0.3, -0.25) is 9.88 Å². The van der Waals surface area contributed by atoms with Crippen molar-refractivity contribution >= 4 is 17.4 Å². The van der Waals surface area contributed by atoms with E-state index in [2.05, 4.69) is 20.2 Å². The zero-order valence-corrected chi connectivity index (χ0v) is 19.5. The van der Waals surface area contributed by atoms with E-state index >= 15 is 0 Å². The van der Waals surface area contributed by atoms with Crippen molar-refractivity contribution in [3.05, 3.63) is 75.5 Å². The van der Waals surface area contributed by atoms with Crippen molar-refractivity contribution in [3.8, 4) is 5.75 Å². The summed E-state index contributed by atoms with van der Waals surface area (Å²) in [5.41, 5.74) is 1.73. The molecule has 0 bridgehead atoms. The SMILES string of the molecule is Cc1nc(CCN2CCN(C(=O)Oc3ccc(Cc4ccc(C(F)(F)F)cn4)cc3)CC2)cs1. The van der Waals surface area contributed by atoms with Gasteiger partial charge in [0.2, 0.25) is 0 Å². The number of hydrogen-bond acceptors (Lipinski definition) is 6. The normalized spacial score (nSPS) is 14.9. The lowest BCUT2D eigenvalue weighted by Gasteiger charge is -2.33. The van der Waals surface area contributed by atoms with Gasteiger partial charge in [-0.15, -0.1) is 11.3 Å². The number of halogens is 3. The molecule has 0 aliphatic carbocycles. The van der Waals surface area contributed by atoms with Crippen molar-refractivity contribution in [1.82, 2.24) is 19.8 Å². The van der Waals surface area contributed by atoms with Crippen LogP contribution >= 0.6 is 11.3 Å². The minimum absolute atomic E-state index is 0.382. The van der Waals surface area contributed by atoms with Crippen LogP contribution in [0.4, 0.5) is 18.0 Å². The van der Waals surface area contributed by atoms with Gasteiger partial charge in [-0.1, -0.05) is 12.1 Å². The summed E-state index contributed by atoms with van der Waals surface area (Å²) in [6, 6.07) is 9.32. The maximum atomic E-state index is 12.7. The lowest BCUT2D eigenvalue weighted by Crippen LogP contribution is -2.49. The van der Waals surface area contributed by atoms with Crippen molar-refractivity contribution in [2.75, 3.05) is 32.7 Å². The van der Waals surface area contributed by atoms with E-state index in [0.717, 1.165) is 54.6 Å². The van der Waals surface area contributed by atoms with Gasteiger partial charge in [-0.2, -0.15) is 13.2 Å². The number of thiazole rings is 1. The predicted molar refractivity (Wildman–Crippen MR) is 123 cm³/mol. The highest BCUT2D eigenvalue weighted by Gasteiger charge is 2.30. The summed E-state index contributed by atoms with van der Waals surface area (Å²) < 4.78 is 43.5. The van der Waals surface area contributed by atoms with Gasteiger partial charge in [0.15, 0.2) is 0 Å². The third kappa shape index (κ3) is 6.54. The van der Waals surface area contributed by atoms with Gasteiger partial charge in [0.05, 0.1) is 16.3 Å². The molecule has 34 heavy (non-hydrogen) atoms. The summed E-state index contributed by atoms with van der Waals surface area (Å²) in [6.45, 7) is 5.71. The summed E-state index contributed by atoms with van der Waals surface area (Å²) in [7, 11) is 0. The molecule has 1 saturated heterocycles. The number of hydrogen-bond donors (Lipinski definition) is 0. The topological polar surface area (TPSA) is 58.6 Å². The summed E-state index contributed by atoms with van der Waals surface area (Å²) >= 11 is 1.66. The minimum atomic E-state index is -4.40. The third-order valence-corrected chi connectivity index (χ3v) is 6.47. The molecule has 0 saturated carbocycles. The number of benzene rings is 1. The van der Waals surface area contributed by atoms with Crippen LogP contribution in [0.25, 0.3) is 0 Å². The second kappa shape index (κ2) is 10.5. The van der Waals surface area contributed by atoms with E-state index in [9.17, 15) is 18.0 Å². The Labute approximate surface area is 200 Å². The first kappa shape index (κ1) is 24.2. The molecule has 180 valence electrons. The van der Waals surface area contributed by atoms with Crippen LogP contribution in [0.1, 0.15) is 27.5 Å². The molecule has 0 spiro atoms. The highest BCUT2D eigenvalue weighted by atomic mass is 32.1. The van der Waals surface area contributed by atoms with Crippen LogP contribution < -0.4 is 4.74 Å². The maximum absolute atomic E-state index is 12.7. The Morgan fingerprint density at radius 1 is 1.06 bits per heavy atom. The van der Waals surface area contributed by atoms with E-state index in [0.29, 0.717) is 31.0 Å². The summed E-state index contributed by atoms with van der Waals surface area (Å²) in [4.78, 5) is 24.9. The number of amides is 1. The Hall–Kier alpha value is -2.98. The van der Waals surface area contributed by atoms with Gasteiger partial charge in [0.25, 0.3) is 0 Å². The van der Waals surface area contributed by atoms with E-state index < -0.39 is 11.7 Å². The van der Waals surface area contributed by atoms with Crippen LogP contribution in [0.3, 0.4) is 0 Å². The van der Waals surface area contributed by atoms with Crippen molar-refractivity contribution in [2.45, 2.75) is 25.9 Å². The summed E-state index contributed by atoms with van der Waals surface area (Å²) in [5, 5.41) is 3.17. The molecule has 0 unspecified atom stereocenters. The third-order valence-electron chi connectivity index (χ3n) is 5.65. The van der Waals surface area contributed by atoms with E-state index in [1.165, 1.54) is 6.07 Å². The second-order valence-corrected chi connectivity index (χ2v) is 9.22. The van der Waals surface area contributed by atoms with Gasteiger partial charge >= 0.3 is 12.3 Å². The highest BCUT2D eigenvalue weighted by Crippen LogP contribution is 2.28. The molecule has 6 nitrogen and oxygen atoms in total. The van der Waals surface area contributed by atoms with Crippen LogP contribution in [0, 0.1) is 6.92 Å². The summed E-state index contributed by atoms with van der Waals surface area (Å²) in [6.07, 6.45) is -2.65. The van der Waals surface area contributed by atoms with E-state index in [1.54, 1.807) is 40.5 Å².